The Bertz CT molecular complexity index is 731. The lowest BCUT2D eigenvalue weighted by Gasteiger charge is -2.35. The quantitative estimate of drug-likeness (QED) is 0.843. The number of ether oxygens (including phenoxy) is 1. The molecule has 1 amide bonds. The Morgan fingerprint density at radius 1 is 1.45 bits per heavy atom. The Morgan fingerprint density at radius 3 is 3.05 bits per heavy atom. The molecule has 0 bridgehead atoms. The zero-order valence-electron chi connectivity index (χ0n) is 12.0. The Kier molecular flexibility index (Phi) is 3.92. The minimum absolute atomic E-state index is 0.178. The highest BCUT2D eigenvalue weighted by Crippen LogP contribution is 2.23. The summed E-state index contributed by atoms with van der Waals surface area (Å²) in [5.74, 6) is 0.328. The second-order valence-electron chi connectivity index (χ2n) is 4.98. The second-order valence-corrected chi connectivity index (χ2v) is 4.98. The standard InChI is InChI=1S/C14H15N5O3/c1-9-17-11(6-13(20)18-9)12-8-22-5-4-19(12)14(21)10-2-3-15-16-7-10/h2-3,6-7,12H,4-5,8H2,1H3,(H,17,18,20)/t12-/m0/s1. The Labute approximate surface area is 126 Å². The molecule has 2 aromatic heterocycles. The number of aryl methyl sites for hydroxylation is 1. The second kappa shape index (κ2) is 6.02. The van der Waals surface area contributed by atoms with Gasteiger partial charge in [0.05, 0.1) is 42.9 Å². The summed E-state index contributed by atoms with van der Waals surface area (Å²) in [7, 11) is 0. The van der Waals surface area contributed by atoms with Crippen molar-refractivity contribution in [1.29, 1.82) is 0 Å². The summed E-state index contributed by atoms with van der Waals surface area (Å²) in [6.45, 7) is 2.88. The molecule has 0 aliphatic carbocycles. The molecular formula is C14H15N5O3. The van der Waals surface area contributed by atoms with E-state index in [9.17, 15) is 9.59 Å². The van der Waals surface area contributed by atoms with E-state index in [4.69, 9.17) is 4.74 Å². The molecule has 1 atom stereocenters. The van der Waals surface area contributed by atoms with Gasteiger partial charge < -0.3 is 14.6 Å². The third kappa shape index (κ3) is 2.86. The van der Waals surface area contributed by atoms with Crippen molar-refractivity contribution in [3.05, 3.63) is 52.0 Å². The highest BCUT2D eigenvalue weighted by atomic mass is 16.5. The topological polar surface area (TPSA) is 101 Å². The van der Waals surface area contributed by atoms with E-state index in [2.05, 4.69) is 20.2 Å². The maximum absolute atomic E-state index is 12.6. The van der Waals surface area contributed by atoms with Crippen molar-refractivity contribution in [2.24, 2.45) is 0 Å². The van der Waals surface area contributed by atoms with Crippen molar-refractivity contribution in [3.63, 3.8) is 0 Å². The maximum Gasteiger partial charge on any atom is 0.256 e. The smallest absolute Gasteiger partial charge is 0.256 e. The van der Waals surface area contributed by atoms with Crippen LogP contribution in [0.4, 0.5) is 0 Å². The number of nitrogens with zero attached hydrogens (tertiary/aromatic N) is 4. The first kappa shape index (κ1) is 14.3. The number of aromatic amines is 1. The van der Waals surface area contributed by atoms with Gasteiger partial charge in [-0.2, -0.15) is 10.2 Å². The number of morpholine rings is 1. The number of nitrogens with one attached hydrogen (secondary N) is 1. The number of carbonyl (C=O) groups is 1. The third-order valence-corrected chi connectivity index (χ3v) is 3.44. The van der Waals surface area contributed by atoms with Crippen molar-refractivity contribution in [1.82, 2.24) is 25.1 Å². The molecule has 0 unspecified atom stereocenters. The highest BCUT2D eigenvalue weighted by Gasteiger charge is 2.30. The fourth-order valence-electron chi connectivity index (χ4n) is 2.45. The SMILES string of the molecule is Cc1nc([C@@H]2COCCN2C(=O)c2ccnnc2)cc(=O)[nH]1. The number of hydrogen-bond donors (Lipinski definition) is 1. The van der Waals surface area contributed by atoms with Gasteiger partial charge in [0.1, 0.15) is 5.82 Å². The molecule has 1 saturated heterocycles. The summed E-state index contributed by atoms with van der Waals surface area (Å²) in [5.41, 5.74) is 0.728. The van der Waals surface area contributed by atoms with Gasteiger partial charge in [0, 0.05) is 12.6 Å². The molecule has 2 aromatic rings. The first-order valence-corrected chi connectivity index (χ1v) is 6.88. The molecule has 1 fully saturated rings. The zero-order chi connectivity index (χ0) is 15.5. The van der Waals surface area contributed by atoms with Gasteiger partial charge in [0.2, 0.25) is 0 Å². The monoisotopic (exact) mass is 301 g/mol. The predicted molar refractivity (Wildman–Crippen MR) is 76.2 cm³/mol. The van der Waals surface area contributed by atoms with Gasteiger partial charge in [-0.05, 0) is 13.0 Å². The van der Waals surface area contributed by atoms with E-state index in [-0.39, 0.29) is 11.5 Å². The van der Waals surface area contributed by atoms with E-state index in [1.165, 1.54) is 18.5 Å². The van der Waals surface area contributed by atoms with E-state index in [0.717, 1.165) is 0 Å². The largest absolute Gasteiger partial charge is 0.377 e. The van der Waals surface area contributed by atoms with Gasteiger partial charge in [-0.3, -0.25) is 9.59 Å². The first-order valence-electron chi connectivity index (χ1n) is 6.88. The van der Waals surface area contributed by atoms with Crippen molar-refractivity contribution in [3.8, 4) is 0 Å². The minimum atomic E-state index is -0.393. The molecule has 1 aliphatic rings. The molecule has 0 saturated carbocycles. The van der Waals surface area contributed by atoms with Crippen molar-refractivity contribution < 1.29 is 9.53 Å². The summed E-state index contributed by atoms with van der Waals surface area (Å²) in [6, 6.07) is 2.62. The van der Waals surface area contributed by atoms with Crippen LogP contribution >= 0.6 is 0 Å². The molecule has 8 heteroatoms. The molecule has 8 nitrogen and oxygen atoms in total. The molecular weight excluding hydrogens is 286 g/mol. The number of carbonyl (C=O) groups excluding carboxylic acids is 1. The lowest BCUT2D eigenvalue weighted by Crippen LogP contribution is -2.44. The highest BCUT2D eigenvalue weighted by molar-refractivity contribution is 5.94. The van der Waals surface area contributed by atoms with Crippen LogP contribution in [0.15, 0.2) is 29.3 Å². The Hall–Kier alpha value is -2.61. The van der Waals surface area contributed by atoms with Crippen LogP contribution in [-0.4, -0.2) is 50.7 Å². The molecule has 1 aliphatic heterocycles. The van der Waals surface area contributed by atoms with Gasteiger partial charge in [0.15, 0.2) is 0 Å². The number of H-pyrrole nitrogens is 1. The first-order chi connectivity index (χ1) is 10.6. The summed E-state index contributed by atoms with van der Waals surface area (Å²) in [4.78, 5) is 32.9. The van der Waals surface area contributed by atoms with Crippen LogP contribution in [0, 0.1) is 6.92 Å². The molecule has 22 heavy (non-hydrogen) atoms. The lowest BCUT2D eigenvalue weighted by molar-refractivity contribution is -0.00404. The van der Waals surface area contributed by atoms with Gasteiger partial charge in [-0.25, -0.2) is 4.98 Å². The van der Waals surface area contributed by atoms with Gasteiger partial charge in [-0.15, -0.1) is 0 Å². The van der Waals surface area contributed by atoms with Gasteiger partial charge in [-0.1, -0.05) is 0 Å². The maximum atomic E-state index is 12.6. The van der Waals surface area contributed by atoms with E-state index in [1.54, 1.807) is 17.9 Å². The molecule has 3 rings (SSSR count). The summed E-state index contributed by atoms with van der Waals surface area (Å²) in [5, 5.41) is 7.40. The number of amides is 1. The number of rotatable bonds is 2. The number of hydrogen-bond acceptors (Lipinski definition) is 6. The van der Waals surface area contributed by atoms with Crippen LogP contribution in [0.5, 0.6) is 0 Å². The average Bonchev–Trinajstić information content (AvgIpc) is 2.54. The van der Waals surface area contributed by atoms with Crippen LogP contribution in [0.3, 0.4) is 0 Å². The minimum Gasteiger partial charge on any atom is -0.377 e. The lowest BCUT2D eigenvalue weighted by atomic mass is 10.1. The fourth-order valence-corrected chi connectivity index (χ4v) is 2.45. The molecule has 114 valence electrons. The summed E-state index contributed by atoms with van der Waals surface area (Å²) in [6.07, 6.45) is 2.89. The zero-order valence-corrected chi connectivity index (χ0v) is 12.0. The third-order valence-electron chi connectivity index (χ3n) is 3.44. The molecule has 0 spiro atoms. The van der Waals surface area contributed by atoms with Crippen molar-refractivity contribution >= 4 is 5.91 Å². The Balaban J connectivity index is 1.94. The van der Waals surface area contributed by atoms with E-state index in [1.807, 2.05) is 0 Å². The summed E-state index contributed by atoms with van der Waals surface area (Å²) >= 11 is 0. The molecule has 0 radical (unpaired) electrons. The molecule has 1 N–H and O–H groups in total. The van der Waals surface area contributed by atoms with Gasteiger partial charge in [0.25, 0.3) is 11.5 Å². The van der Waals surface area contributed by atoms with E-state index in [0.29, 0.717) is 36.8 Å². The Morgan fingerprint density at radius 2 is 2.32 bits per heavy atom. The number of aromatic nitrogens is 4. The van der Waals surface area contributed by atoms with Crippen LogP contribution in [0.25, 0.3) is 0 Å². The van der Waals surface area contributed by atoms with E-state index < -0.39 is 6.04 Å². The van der Waals surface area contributed by atoms with Crippen LogP contribution in [0.2, 0.25) is 0 Å². The van der Waals surface area contributed by atoms with Crippen LogP contribution in [0.1, 0.15) is 27.9 Å². The van der Waals surface area contributed by atoms with E-state index >= 15 is 0 Å². The normalized spacial score (nSPS) is 18.2. The van der Waals surface area contributed by atoms with Crippen molar-refractivity contribution in [2.75, 3.05) is 19.8 Å². The van der Waals surface area contributed by atoms with Crippen molar-refractivity contribution in [2.45, 2.75) is 13.0 Å². The predicted octanol–water partition coefficient (Wildman–Crippen LogP) is 0.0820. The molecule has 3 heterocycles. The molecule has 0 aromatic carbocycles. The fraction of sp³-hybridized carbons (Fsp3) is 0.357. The summed E-state index contributed by atoms with van der Waals surface area (Å²) < 4.78 is 5.46. The van der Waals surface area contributed by atoms with Crippen LogP contribution in [-0.2, 0) is 4.74 Å². The van der Waals surface area contributed by atoms with Gasteiger partial charge >= 0.3 is 0 Å². The van der Waals surface area contributed by atoms with Crippen LogP contribution < -0.4 is 5.56 Å². The average molecular weight is 301 g/mol.